The highest BCUT2D eigenvalue weighted by molar-refractivity contribution is 6.18. The number of carbonyl (C=O) groups is 4. The number of carbonyl (C=O) groups excluding carboxylic acids is 4. The number of allylic oxidation sites excluding steroid dienone is 9. The van der Waals surface area contributed by atoms with Crippen LogP contribution in [-0.2, 0) is 14.4 Å². The molecule has 1 fully saturated rings. The topological polar surface area (TPSA) is 104 Å². The summed E-state index contributed by atoms with van der Waals surface area (Å²) in [5.41, 5.74) is 0.910. The van der Waals surface area contributed by atoms with E-state index in [-0.39, 0.29) is 11.5 Å². The first-order valence-electron chi connectivity index (χ1n) is 8.45. The monoisotopic (exact) mass is 367 g/mol. The molecule has 1 unspecified atom stereocenters. The lowest BCUT2D eigenvalue weighted by Crippen LogP contribution is -2.56. The van der Waals surface area contributed by atoms with Crippen molar-refractivity contribution >= 4 is 23.8 Å². The van der Waals surface area contributed by atoms with Crippen molar-refractivity contribution in [2.45, 2.75) is 13.8 Å². The molecule has 0 aromatic rings. The molecule has 0 aromatic carbocycles. The smallest absolute Gasteiger partial charge is 0.323 e. The van der Waals surface area contributed by atoms with Gasteiger partial charge in [-0.3, -0.25) is 25.0 Å². The summed E-state index contributed by atoms with van der Waals surface area (Å²) in [6.45, 7) is 3.79. The maximum atomic E-state index is 12.2. The Balaban J connectivity index is 2.15. The fourth-order valence-electron chi connectivity index (χ4n) is 2.43. The Morgan fingerprint density at radius 2 is 1.81 bits per heavy atom. The molecule has 2 rings (SSSR count). The highest BCUT2D eigenvalue weighted by Gasteiger charge is 2.35. The molecule has 1 atom stereocenters. The molecule has 0 bridgehead atoms. The van der Waals surface area contributed by atoms with Crippen LogP contribution in [0.15, 0.2) is 72.0 Å². The first kappa shape index (κ1) is 19.8. The fourth-order valence-corrected chi connectivity index (χ4v) is 2.43. The summed E-state index contributed by atoms with van der Waals surface area (Å²) < 4.78 is 0. The Morgan fingerprint density at radius 1 is 1.11 bits per heavy atom. The van der Waals surface area contributed by atoms with Crippen LogP contribution in [0.25, 0.3) is 0 Å². The van der Waals surface area contributed by atoms with Gasteiger partial charge in [0, 0.05) is 11.8 Å². The molecule has 140 valence electrons. The lowest BCUT2D eigenvalue weighted by molar-refractivity contribution is -0.134. The van der Waals surface area contributed by atoms with E-state index in [9.17, 15) is 19.2 Å². The van der Waals surface area contributed by atoms with Crippen molar-refractivity contribution < 1.29 is 19.2 Å². The van der Waals surface area contributed by atoms with Crippen molar-refractivity contribution in [3.8, 4) is 0 Å². The lowest BCUT2D eigenvalue weighted by atomic mass is 9.94. The Morgan fingerprint density at radius 3 is 2.48 bits per heavy atom. The van der Waals surface area contributed by atoms with E-state index in [0.29, 0.717) is 5.70 Å². The molecule has 7 heteroatoms. The Labute approximate surface area is 157 Å². The second-order valence-corrected chi connectivity index (χ2v) is 5.98. The van der Waals surface area contributed by atoms with E-state index in [1.165, 1.54) is 12.2 Å². The van der Waals surface area contributed by atoms with Crippen molar-refractivity contribution in [1.29, 1.82) is 0 Å². The van der Waals surface area contributed by atoms with Gasteiger partial charge in [0.2, 0.25) is 17.7 Å². The zero-order valence-corrected chi connectivity index (χ0v) is 15.1. The Kier molecular flexibility index (Phi) is 6.82. The number of hydrogen-bond acceptors (Lipinski definition) is 4. The quantitative estimate of drug-likeness (QED) is 0.391. The maximum absolute atomic E-state index is 12.2. The van der Waals surface area contributed by atoms with E-state index in [4.69, 9.17) is 0 Å². The van der Waals surface area contributed by atoms with Crippen LogP contribution in [0.3, 0.4) is 0 Å². The number of rotatable bonds is 5. The van der Waals surface area contributed by atoms with Gasteiger partial charge in [-0.1, -0.05) is 49.5 Å². The predicted molar refractivity (Wildman–Crippen MR) is 101 cm³/mol. The van der Waals surface area contributed by atoms with Gasteiger partial charge in [0.05, 0.1) is 0 Å². The first-order chi connectivity index (χ1) is 12.9. The maximum Gasteiger partial charge on any atom is 0.328 e. The minimum absolute atomic E-state index is 0.271. The van der Waals surface area contributed by atoms with Gasteiger partial charge in [-0.15, -0.1) is 0 Å². The van der Waals surface area contributed by atoms with E-state index in [2.05, 4.69) is 5.32 Å². The summed E-state index contributed by atoms with van der Waals surface area (Å²) in [4.78, 5) is 47.5. The summed E-state index contributed by atoms with van der Waals surface area (Å²) in [6.07, 6.45) is 16.9. The van der Waals surface area contributed by atoms with Crippen LogP contribution in [0.5, 0.6) is 0 Å². The van der Waals surface area contributed by atoms with Gasteiger partial charge in [-0.25, -0.2) is 4.79 Å². The average molecular weight is 367 g/mol. The molecule has 27 heavy (non-hydrogen) atoms. The van der Waals surface area contributed by atoms with E-state index in [0.717, 1.165) is 0 Å². The van der Waals surface area contributed by atoms with E-state index in [1.807, 2.05) is 35.8 Å². The molecule has 0 saturated carbocycles. The molecular weight excluding hydrogens is 346 g/mol. The van der Waals surface area contributed by atoms with Crippen molar-refractivity contribution in [2.24, 2.45) is 11.8 Å². The SMILES string of the molecule is C\C=C/C=C(\C=C\C(=O)NC1=CC=CC(C)C=C1)C1C(=O)NC(=O)NC1=O. The van der Waals surface area contributed by atoms with Gasteiger partial charge in [-0.05, 0) is 30.6 Å². The molecule has 3 N–H and O–H groups in total. The van der Waals surface area contributed by atoms with Crippen molar-refractivity contribution in [2.75, 3.05) is 0 Å². The summed E-state index contributed by atoms with van der Waals surface area (Å²) in [7, 11) is 0. The molecule has 5 amide bonds. The molecule has 0 aromatic heterocycles. The number of imide groups is 2. The molecule has 1 heterocycles. The molecule has 7 nitrogen and oxygen atoms in total. The van der Waals surface area contributed by atoms with Gasteiger partial charge >= 0.3 is 6.03 Å². The average Bonchev–Trinajstić information content (AvgIpc) is 2.80. The van der Waals surface area contributed by atoms with Gasteiger partial charge in [0.15, 0.2) is 0 Å². The second-order valence-electron chi connectivity index (χ2n) is 5.98. The molecule has 1 aliphatic heterocycles. The zero-order valence-electron chi connectivity index (χ0n) is 15.1. The van der Waals surface area contributed by atoms with Crippen LogP contribution in [0, 0.1) is 11.8 Å². The van der Waals surface area contributed by atoms with Gasteiger partial charge in [-0.2, -0.15) is 0 Å². The normalized spacial score (nSPS) is 21.3. The van der Waals surface area contributed by atoms with Crippen LogP contribution in [0.1, 0.15) is 13.8 Å². The third kappa shape index (κ3) is 5.78. The Bertz CT molecular complexity index is 808. The fraction of sp³-hybridized carbons (Fsp3) is 0.200. The zero-order chi connectivity index (χ0) is 19.8. The van der Waals surface area contributed by atoms with Crippen LogP contribution in [-0.4, -0.2) is 23.8 Å². The minimum Gasteiger partial charge on any atom is -0.323 e. The molecule has 1 aliphatic carbocycles. The third-order valence-corrected chi connectivity index (χ3v) is 3.78. The van der Waals surface area contributed by atoms with Crippen molar-refractivity contribution in [3.05, 3.63) is 72.0 Å². The summed E-state index contributed by atoms with van der Waals surface area (Å²) in [6, 6.07) is -0.859. The minimum atomic E-state index is -1.22. The third-order valence-electron chi connectivity index (χ3n) is 3.78. The second kappa shape index (κ2) is 9.28. The first-order valence-corrected chi connectivity index (χ1v) is 8.45. The van der Waals surface area contributed by atoms with Crippen LogP contribution < -0.4 is 16.0 Å². The molecule has 2 aliphatic rings. The number of urea groups is 1. The molecule has 0 radical (unpaired) electrons. The number of hydrogen-bond donors (Lipinski definition) is 3. The standard InChI is InChI=1S/C20H21N3O4/c1-3-4-7-14(17-18(25)22-20(27)23-19(17)26)10-12-16(24)21-15-8-5-6-13(2)9-11-15/h3-13,17H,1-2H3,(H,21,24)(H2,22,23,25,26,27)/b4-3-,12-10+,14-7+. The van der Waals surface area contributed by atoms with Crippen LogP contribution in [0.2, 0.25) is 0 Å². The highest BCUT2D eigenvalue weighted by Crippen LogP contribution is 2.16. The van der Waals surface area contributed by atoms with Gasteiger partial charge in [0.25, 0.3) is 0 Å². The van der Waals surface area contributed by atoms with Crippen molar-refractivity contribution in [3.63, 3.8) is 0 Å². The van der Waals surface area contributed by atoms with Crippen LogP contribution in [0.4, 0.5) is 4.79 Å². The summed E-state index contributed by atoms with van der Waals surface area (Å²) in [5, 5.41) is 6.81. The lowest BCUT2D eigenvalue weighted by Gasteiger charge is -2.21. The van der Waals surface area contributed by atoms with Gasteiger partial charge < -0.3 is 5.32 Å². The molecule has 1 saturated heterocycles. The van der Waals surface area contributed by atoms with E-state index < -0.39 is 29.7 Å². The van der Waals surface area contributed by atoms with Crippen molar-refractivity contribution in [1.82, 2.24) is 16.0 Å². The van der Waals surface area contributed by atoms with Gasteiger partial charge in [0.1, 0.15) is 5.92 Å². The number of nitrogens with one attached hydrogen (secondary N) is 3. The van der Waals surface area contributed by atoms with E-state index in [1.54, 1.807) is 37.3 Å². The summed E-state index contributed by atoms with van der Waals surface area (Å²) in [5.74, 6) is -2.83. The molecular formula is C20H21N3O4. The number of amides is 5. The Hall–Kier alpha value is -3.48. The highest BCUT2D eigenvalue weighted by atomic mass is 16.2. The van der Waals surface area contributed by atoms with E-state index >= 15 is 0 Å². The molecule has 0 spiro atoms. The summed E-state index contributed by atoms with van der Waals surface area (Å²) >= 11 is 0. The largest absolute Gasteiger partial charge is 0.328 e. The predicted octanol–water partition coefficient (Wildman–Crippen LogP) is 1.79. The number of barbiturate groups is 1. The van der Waals surface area contributed by atoms with Crippen LogP contribution >= 0.6 is 0 Å².